The third-order valence-corrected chi connectivity index (χ3v) is 9.50. The third kappa shape index (κ3) is 6.92. The summed E-state index contributed by atoms with van der Waals surface area (Å²) in [5.41, 5.74) is 4.24. The van der Waals surface area contributed by atoms with Crippen molar-refractivity contribution in [2.24, 2.45) is 13.0 Å². The highest BCUT2D eigenvalue weighted by atomic mass is 16.2. The van der Waals surface area contributed by atoms with Crippen LogP contribution in [0.2, 0.25) is 0 Å². The number of nitrogens with zero attached hydrogens (tertiary/aromatic N) is 4. The van der Waals surface area contributed by atoms with Crippen molar-refractivity contribution in [1.82, 2.24) is 19.3 Å². The molecule has 1 amide bonds. The Morgan fingerprint density at radius 3 is 2.33 bits per heavy atom. The van der Waals surface area contributed by atoms with E-state index < -0.39 is 0 Å². The lowest BCUT2D eigenvalue weighted by Crippen LogP contribution is -2.50. The van der Waals surface area contributed by atoms with E-state index >= 15 is 0 Å². The van der Waals surface area contributed by atoms with Gasteiger partial charge in [-0.15, -0.1) is 0 Å². The maximum atomic E-state index is 14.0. The number of fused-ring (bicyclic) bond motifs is 1. The number of carbonyl (C=O) groups excluding carboxylic acids is 1. The molecule has 0 bridgehead atoms. The van der Waals surface area contributed by atoms with Crippen LogP contribution in [-0.2, 0) is 24.9 Å². The molecule has 0 N–H and O–H groups in total. The van der Waals surface area contributed by atoms with E-state index in [-0.39, 0.29) is 23.4 Å². The van der Waals surface area contributed by atoms with Crippen molar-refractivity contribution in [2.75, 3.05) is 32.7 Å². The number of hydrogen-bond donors (Lipinski definition) is 0. The van der Waals surface area contributed by atoms with Gasteiger partial charge in [0.15, 0.2) is 0 Å². The number of carbonyl (C=O) groups is 1. The quantitative estimate of drug-likeness (QED) is 0.245. The summed E-state index contributed by atoms with van der Waals surface area (Å²) in [5.74, 6) is 0.277. The highest BCUT2D eigenvalue weighted by Gasteiger charge is 2.31. The zero-order valence-corrected chi connectivity index (χ0v) is 25.4. The van der Waals surface area contributed by atoms with Gasteiger partial charge in [0.25, 0.3) is 5.56 Å². The maximum Gasteiger partial charge on any atom is 0.255 e. The second kappa shape index (κ2) is 13.7. The molecule has 0 radical (unpaired) electrons. The zero-order valence-electron chi connectivity index (χ0n) is 25.4. The van der Waals surface area contributed by atoms with Gasteiger partial charge in [-0.1, -0.05) is 98.1 Å². The Hall–Kier alpha value is -3.74. The largest absolute Gasteiger partial charge is 0.337 e. The minimum atomic E-state index is -0.0168. The molecule has 1 aromatic heterocycles. The van der Waals surface area contributed by atoms with Crippen molar-refractivity contribution in [3.63, 3.8) is 0 Å². The summed E-state index contributed by atoms with van der Waals surface area (Å²) in [6.07, 6.45) is 5.34. The first-order valence-electron chi connectivity index (χ1n) is 16.0. The Kier molecular flexibility index (Phi) is 9.35. The summed E-state index contributed by atoms with van der Waals surface area (Å²) in [6, 6.07) is 31.7. The van der Waals surface area contributed by atoms with Gasteiger partial charge in [-0.2, -0.15) is 0 Å². The highest BCUT2D eigenvalue weighted by Crippen LogP contribution is 2.28. The molecule has 1 unspecified atom stereocenters. The molecule has 4 aromatic rings. The van der Waals surface area contributed by atoms with E-state index in [1.807, 2.05) is 42.3 Å². The van der Waals surface area contributed by atoms with Crippen LogP contribution >= 0.6 is 0 Å². The van der Waals surface area contributed by atoms with Gasteiger partial charge in [-0.25, -0.2) is 0 Å². The van der Waals surface area contributed by atoms with Gasteiger partial charge in [-0.05, 0) is 41.5 Å². The van der Waals surface area contributed by atoms with Crippen molar-refractivity contribution in [2.45, 2.75) is 51.2 Å². The molecule has 1 aliphatic carbocycles. The summed E-state index contributed by atoms with van der Waals surface area (Å²) in [6.45, 7) is 5.57. The predicted octanol–water partition coefficient (Wildman–Crippen LogP) is 6.01. The van der Waals surface area contributed by atoms with Crippen molar-refractivity contribution in [3.05, 3.63) is 118 Å². The molecular weight excluding hydrogens is 532 g/mol. The summed E-state index contributed by atoms with van der Waals surface area (Å²) in [7, 11) is 1.83. The number of aromatic nitrogens is 1. The van der Waals surface area contributed by atoms with Crippen molar-refractivity contribution >= 4 is 16.8 Å². The zero-order chi connectivity index (χ0) is 29.6. The smallest absolute Gasteiger partial charge is 0.255 e. The highest BCUT2D eigenvalue weighted by molar-refractivity contribution is 5.81. The Balaban J connectivity index is 1.23. The van der Waals surface area contributed by atoms with Crippen LogP contribution in [0.15, 0.2) is 95.8 Å². The van der Waals surface area contributed by atoms with Crippen LogP contribution in [-0.4, -0.2) is 57.9 Å². The molecule has 2 heterocycles. The molecule has 1 aliphatic heterocycles. The van der Waals surface area contributed by atoms with Gasteiger partial charge in [0.05, 0.1) is 12.1 Å². The number of aryl methyl sites for hydroxylation is 1. The lowest BCUT2D eigenvalue weighted by Gasteiger charge is -2.42. The Morgan fingerprint density at radius 1 is 0.860 bits per heavy atom. The van der Waals surface area contributed by atoms with Crippen molar-refractivity contribution in [3.8, 4) is 0 Å². The normalized spacial score (nSPS) is 18.6. The van der Waals surface area contributed by atoms with E-state index in [1.54, 1.807) is 4.57 Å². The Labute approximate surface area is 255 Å². The first kappa shape index (κ1) is 29.3. The number of para-hydroxylation sites is 1. The standard InChI is InChI=1S/C37H44N4O2/c1-38-34-20-12-11-19-32(34)25-33(36(38)42)27-41(37(43)31-17-9-4-10-18-31)24-23-40-22-21-39(26-29-13-5-2-6-14-29)28-35(40)30-15-7-3-8-16-30/h2-3,5-8,11-16,19-20,25,31,35H,4,9-10,17-18,21-24,26-28H2,1H3. The fraction of sp³-hybridized carbons (Fsp3) is 0.405. The van der Waals surface area contributed by atoms with E-state index in [4.69, 9.17) is 0 Å². The van der Waals surface area contributed by atoms with Gasteiger partial charge in [-0.3, -0.25) is 19.4 Å². The van der Waals surface area contributed by atoms with Crippen LogP contribution in [0.25, 0.3) is 10.9 Å². The van der Waals surface area contributed by atoms with E-state index in [9.17, 15) is 9.59 Å². The molecule has 0 spiro atoms. The number of amides is 1. The fourth-order valence-electron chi connectivity index (χ4n) is 7.05. The molecular formula is C37H44N4O2. The topological polar surface area (TPSA) is 48.8 Å². The monoisotopic (exact) mass is 576 g/mol. The Bertz CT molecular complexity index is 1560. The minimum absolute atomic E-state index is 0.0168. The van der Waals surface area contributed by atoms with E-state index in [0.717, 1.165) is 69.3 Å². The first-order chi connectivity index (χ1) is 21.1. The minimum Gasteiger partial charge on any atom is -0.337 e. The van der Waals surface area contributed by atoms with Gasteiger partial charge in [0.1, 0.15) is 0 Å². The Morgan fingerprint density at radius 2 is 1.56 bits per heavy atom. The van der Waals surface area contributed by atoms with Crippen LogP contribution in [0.4, 0.5) is 0 Å². The lowest BCUT2D eigenvalue weighted by atomic mass is 9.88. The number of piperazine rings is 1. The van der Waals surface area contributed by atoms with E-state index in [1.165, 1.54) is 17.5 Å². The summed E-state index contributed by atoms with van der Waals surface area (Å²) in [5, 5.41) is 1.03. The molecule has 1 atom stereocenters. The van der Waals surface area contributed by atoms with Crippen LogP contribution in [0.3, 0.4) is 0 Å². The molecule has 3 aromatic carbocycles. The number of rotatable bonds is 9. The molecule has 6 rings (SSSR count). The van der Waals surface area contributed by atoms with Crippen LogP contribution in [0, 0.1) is 5.92 Å². The average Bonchev–Trinajstić information content (AvgIpc) is 3.06. The van der Waals surface area contributed by atoms with Gasteiger partial charge < -0.3 is 9.47 Å². The molecule has 224 valence electrons. The first-order valence-corrected chi connectivity index (χ1v) is 16.0. The van der Waals surface area contributed by atoms with Crippen molar-refractivity contribution in [1.29, 1.82) is 0 Å². The second-order valence-corrected chi connectivity index (χ2v) is 12.4. The van der Waals surface area contributed by atoms with Crippen LogP contribution in [0.1, 0.15) is 54.8 Å². The SMILES string of the molecule is Cn1c(=O)c(CN(CCN2CCN(Cc3ccccc3)CC2c2ccccc2)C(=O)C2CCCCC2)cc2ccccc21. The summed E-state index contributed by atoms with van der Waals surface area (Å²) >= 11 is 0. The second-order valence-electron chi connectivity index (χ2n) is 12.4. The van der Waals surface area contributed by atoms with Gasteiger partial charge in [0.2, 0.25) is 5.91 Å². The lowest BCUT2D eigenvalue weighted by molar-refractivity contribution is -0.137. The summed E-state index contributed by atoms with van der Waals surface area (Å²) in [4.78, 5) is 34.6. The van der Waals surface area contributed by atoms with Gasteiger partial charge >= 0.3 is 0 Å². The molecule has 6 heteroatoms. The fourth-order valence-corrected chi connectivity index (χ4v) is 7.05. The van der Waals surface area contributed by atoms with Crippen molar-refractivity contribution < 1.29 is 4.79 Å². The third-order valence-electron chi connectivity index (χ3n) is 9.50. The van der Waals surface area contributed by atoms with E-state index in [2.05, 4.69) is 70.5 Å². The molecule has 2 aliphatic rings. The average molecular weight is 577 g/mol. The molecule has 6 nitrogen and oxygen atoms in total. The van der Waals surface area contributed by atoms with Crippen LogP contribution in [0.5, 0.6) is 0 Å². The predicted molar refractivity (Wildman–Crippen MR) is 174 cm³/mol. The number of pyridine rings is 1. The molecule has 43 heavy (non-hydrogen) atoms. The maximum absolute atomic E-state index is 14.0. The summed E-state index contributed by atoms with van der Waals surface area (Å²) < 4.78 is 1.73. The number of hydrogen-bond acceptors (Lipinski definition) is 4. The molecule has 2 fully saturated rings. The molecule has 1 saturated carbocycles. The van der Waals surface area contributed by atoms with E-state index in [0.29, 0.717) is 18.7 Å². The van der Waals surface area contributed by atoms with Crippen LogP contribution < -0.4 is 5.56 Å². The van der Waals surface area contributed by atoms with Gasteiger partial charge in [0, 0.05) is 63.8 Å². The molecule has 1 saturated heterocycles. The number of benzene rings is 3.